The summed E-state index contributed by atoms with van der Waals surface area (Å²) in [7, 11) is 1.68. The predicted octanol–water partition coefficient (Wildman–Crippen LogP) is 2.17. The minimum Gasteiger partial charge on any atom is -0.497 e. The Hall–Kier alpha value is -1.22. The van der Waals surface area contributed by atoms with Crippen LogP contribution in [0.15, 0.2) is 18.2 Å². The molecular formula is C13H20N2O. The zero-order chi connectivity index (χ0) is 11.5. The first-order chi connectivity index (χ1) is 7.69. The van der Waals surface area contributed by atoms with Crippen LogP contribution in [0, 0.1) is 5.92 Å². The number of hydrogen-bond donors (Lipinski definition) is 2. The molecule has 3 heteroatoms. The maximum Gasteiger partial charge on any atom is 0.119 e. The van der Waals surface area contributed by atoms with Crippen LogP contribution in [0.3, 0.4) is 0 Å². The number of anilines is 1. The van der Waals surface area contributed by atoms with Gasteiger partial charge < -0.3 is 15.8 Å². The van der Waals surface area contributed by atoms with E-state index in [9.17, 15) is 0 Å². The molecule has 0 aliphatic heterocycles. The Balaban J connectivity index is 1.92. The molecule has 3 nitrogen and oxygen atoms in total. The zero-order valence-corrected chi connectivity index (χ0v) is 9.99. The maximum absolute atomic E-state index is 5.92. The lowest BCUT2D eigenvalue weighted by molar-refractivity contribution is 0.240. The van der Waals surface area contributed by atoms with E-state index in [1.807, 2.05) is 18.2 Å². The van der Waals surface area contributed by atoms with Gasteiger partial charge in [-0.25, -0.2) is 0 Å². The van der Waals surface area contributed by atoms with Crippen molar-refractivity contribution in [1.82, 2.24) is 5.32 Å². The third kappa shape index (κ3) is 2.47. The molecule has 1 aliphatic carbocycles. The van der Waals surface area contributed by atoms with Crippen molar-refractivity contribution in [3.05, 3.63) is 23.8 Å². The molecular weight excluding hydrogens is 200 g/mol. The standard InChI is InChI=1S/C13H20N2O/c1-9-5-11(6-9)15-8-10-7-12(16-2)3-4-13(10)14/h3-4,7,9,11,15H,5-6,8,14H2,1-2H3. The van der Waals surface area contributed by atoms with Crippen molar-refractivity contribution >= 4 is 5.69 Å². The van der Waals surface area contributed by atoms with Gasteiger partial charge in [0.15, 0.2) is 0 Å². The molecule has 88 valence electrons. The molecule has 0 atom stereocenters. The highest BCUT2D eigenvalue weighted by Gasteiger charge is 2.24. The summed E-state index contributed by atoms with van der Waals surface area (Å²) in [5.74, 6) is 1.74. The Morgan fingerprint density at radius 3 is 2.81 bits per heavy atom. The summed E-state index contributed by atoms with van der Waals surface area (Å²) in [6.07, 6.45) is 2.56. The minimum atomic E-state index is 0.667. The topological polar surface area (TPSA) is 47.3 Å². The number of ether oxygens (including phenoxy) is 1. The molecule has 1 fully saturated rings. The zero-order valence-electron chi connectivity index (χ0n) is 9.99. The summed E-state index contributed by atoms with van der Waals surface area (Å²) in [4.78, 5) is 0. The van der Waals surface area contributed by atoms with Crippen molar-refractivity contribution < 1.29 is 4.74 Å². The normalized spacial score (nSPS) is 23.9. The SMILES string of the molecule is COc1ccc(N)c(CNC2CC(C)C2)c1. The fourth-order valence-electron chi connectivity index (χ4n) is 2.19. The Kier molecular flexibility index (Phi) is 3.34. The number of nitrogens with two attached hydrogens (primary N) is 1. The molecule has 1 aromatic carbocycles. The van der Waals surface area contributed by atoms with Crippen LogP contribution in [0.5, 0.6) is 5.75 Å². The van der Waals surface area contributed by atoms with Crippen LogP contribution in [0.4, 0.5) is 5.69 Å². The molecule has 0 unspecified atom stereocenters. The Morgan fingerprint density at radius 2 is 2.19 bits per heavy atom. The van der Waals surface area contributed by atoms with Crippen molar-refractivity contribution in [3.8, 4) is 5.75 Å². The summed E-state index contributed by atoms with van der Waals surface area (Å²) in [6.45, 7) is 3.12. The van der Waals surface area contributed by atoms with Crippen LogP contribution < -0.4 is 15.8 Å². The van der Waals surface area contributed by atoms with Gasteiger partial charge >= 0.3 is 0 Å². The van der Waals surface area contributed by atoms with Crippen LogP contribution in [-0.2, 0) is 6.54 Å². The lowest BCUT2D eigenvalue weighted by Crippen LogP contribution is -2.39. The third-order valence-electron chi connectivity index (χ3n) is 3.31. The van der Waals surface area contributed by atoms with Crippen molar-refractivity contribution in [1.29, 1.82) is 0 Å². The molecule has 3 N–H and O–H groups in total. The van der Waals surface area contributed by atoms with E-state index in [2.05, 4.69) is 12.2 Å². The molecule has 16 heavy (non-hydrogen) atoms. The van der Waals surface area contributed by atoms with Gasteiger partial charge in [-0.1, -0.05) is 6.92 Å². The summed E-state index contributed by atoms with van der Waals surface area (Å²) in [6, 6.07) is 6.47. The van der Waals surface area contributed by atoms with Crippen molar-refractivity contribution in [2.45, 2.75) is 32.4 Å². The summed E-state index contributed by atoms with van der Waals surface area (Å²) in [5.41, 5.74) is 7.88. The summed E-state index contributed by atoms with van der Waals surface area (Å²) < 4.78 is 5.19. The van der Waals surface area contributed by atoms with Crippen molar-refractivity contribution in [3.63, 3.8) is 0 Å². The fraction of sp³-hybridized carbons (Fsp3) is 0.538. The second-order valence-corrected chi connectivity index (χ2v) is 4.72. The van der Waals surface area contributed by atoms with Crippen LogP contribution in [-0.4, -0.2) is 13.2 Å². The predicted molar refractivity (Wildman–Crippen MR) is 66.4 cm³/mol. The van der Waals surface area contributed by atoms with Gasteiger partial charge in [0.25, 0.3) is 0 Å². The lowest BCUT2D eigenvalue weighted by Gasteiger charge is -2.33. The van der Waals surface area contributed by atoms with Gasteiger partial charge in [0.05, 0.1) is 7.11 Å². The highest BCUT2D eigenvalue weighted by Crippen LogP contribution is 2.27. The van der Waals surface area contributed by atoms with E-state index >= 15 is 0 Å². The highest BCUT2D eigenvalue weighted by atomic mass is 16.5. The molecule has 1 saturated carbocycles. The van der Waals surface area contributed by atoms with Crippen molar-refractivity contribution in [2.75, 3.05) is 12.8 Å². The Bertz CT molecular complexity index is 359. The lowest BCUT2D eigenvalue weighted by atomic mass is 9.82. The van der Waals surface area contributed by atoms with E-state index in [0.717, 1.165) is 29.5 Å². The molecule has 0 heterocycles. The number of rotatable bonds is 4. The number of nitrogens with one attached hydrogen (secondary N) is 1. The average molecular weight is 220 g/mol. The van der Waals surface area contributed by atoms with E-state index < -0.39 is 0 Å². The molecule has 0 spiro atoms. The molecule has 2 rings (SSSR count). The number of methoxy groups -OCH3 is 1. The van der Waals surface area contributed by atoms with E-state index in [0.29, 0.717) is 6.04 Å². The smallest absolute Gasteiger partial charge is 0.119 e. The van der Waals surface area contributed by atoms with Gasteiger partial charge in [-0.3, -0.25) is 0 Å². The van der Waals surface area contributed by atoms with Gasteiger partial charge in [-0.05, 0) is 42.5 Å². The molecule has 1 aromatic rings. The minimum absolute atomic E-state index is 0.667. The molecule has 1 aliphatic rings. The number of hydrogen-bond acceptors (Lipinski definition) is 3. The first-order valence-electron chi connectivity index (χ1n) is 5.85. The maximum atomic E-state index is 5.92. The first kappa shape index (κ1) is 11.3. The monoisotopic (exact) mass is 220 g/mol. The fourth-order valence-corrected chi connectivity index (χ4v) is 2.19. The molecule has 0 aromatic heterocycles. The Morgan fingerprint density at radius 1 is 1.44 bits per heavy atom. The molecule has 0 saturated heterocycles. The second kappa shape index (κ2) is 4.74. The second-order valence-electron chi connectivity index (χ2n) is 4.72. The van der Waals surface area contributed by atoms with E-state index in [4.69, 9.17) is 10.5 Å². The van der Waals surface area contributed by atoms with Gasteiger partial charge in [-0.15, -0.1) is 0 Å². The number of benzene rings is 1. The first-order valence-corrected chi connectivity index (χ1v) is 5.85. The number of nitrogen functional groups attached to an aromatic ring is 1. The van der Waals surface area contributed by atoms with Gasteiger partial charge in [-0.2, -0.15) is 0 Å². The van der Waals surface area contributed by atoms with Gasteiger partial charge in [0.1, 0.15) is 5.75 Å². The largest absolute Gasteiger partial charge is 0.497 e. The third-order valence-corrected chi connectivity index (χ3v) is 3.31. The molecule has 0 bridgehead atoms. The summed E-state index contributed by atoms with van der Waals surface area (Å²) in [5, 5.41) is 3.52. The van der Waals surface area contributed by atoms with Crippen LogP contribution >= 0.6 is 0 Å². The van der Waals surface area contributed by atoms with Crippen LogP contribution in [0.1, 0.15) is 25.3 Å². The van der Waals surface area contributed by atoms with Crippen molar-refractivity contribution in [2.24, 2.45) is 5.92 Å². The molecule has 0 amide bonds. The summed E-state index contributed by atoms with van der Waals surface area (Å²) >= 11 is 0. The van der Waals surface area contributed by atoms with E-state index in [1.165, 1.54) is 12.8 Å². The van der Waals surface area contributed by atoms with E-state index in [-0.39, 0.29) is 0 Å². The Labute approximate surface area is 97.0 Å². The quantitative estimate of drug-likeness (QED) is 0.764. The van der Waals surface area contributed by atoms with Crippen LogP contribution in [0.2, 0.25) is 0 Å². The molecule has 0 radical (unpaired) electrons. The van der Waals surface area contributed by atoms with Gasteiger partial charge in [0, 0.05) is 18.3 Å². The van der Waals surface area contributed by atoms with Crippen LogP contribution in [0.25, 0.3) is 0 Å². The van der Waals surface area contributed by atoms with E-state index in [1.54, 1.807) is 7.11 Å². The van der Waals surface area contributed by atoms with Gasteiger partial charge in [0.2, 0.25) is 0 Å². The average Bonchev–Trinajstić information content (AvgIpc) is 2.25. The highest BCUT2D eigenvalue weighted by molar-refractivity contribution is 5.50.